The van der Waals surface area contributed by atoms with E-state index in [1.807, 2.05) is 12.3 Å². The van der Waals surface area contributed by atoms with E-state index in [4.69, 9.17) is 0 Å². The number of nitrogens with one attached hydrogen (secondary N) is 1. The number of rotatable bonds is 3. The van der Waals surface area contributed by atoms with Crippen molar-refractivity contribution in [3.8, 4) is 0 Å². The lowest BCUT2D eigenvalue weighted by atomic mass is 10.1. The second kappa shape index (κ2) is 5.90. The van der Waals surface area contributed by atoms with Crippen LogP contribution < -0.4 is 10.2 Å². The zero-order valence-electron chi connectivity index (χ0n) is 11.2. The summed E-state index contributed by atoms with van der Waals surface area (Å²) in [7, 11) is -0.592. The van der Waals surface area contributed by atoms with Gasteiger partial charge in [-0.1, -0.05) is 0 Å². The molecule has 0 atom stereocenters. The average molecular weight is 279 g/mol. The molecule has 2 aliphatic heterocycles. The highest BCUT2D eigenvalue weighted by atomic mass is 32.2. The molecule has 1 aromatic heterocycles. The van der Waals surface area contributed by atoms with E-state index in [-0.39, 0.29) is 0 Å². The van der Waals surface area contributed by atoms with Crippen molar-refractivity contribution < 1.29 is 4.21 Å². The Morgan fingerprint density at radius 1 is 1.26 bits per heavy atom. The summed E-state index contributed by atoms with van der Waals surface area (Å²) in [5, 5.41) is 3.61. The molecule has 1 aromatic rings. The summed E-state index contributed by atoms with van der Waals surface area (Å²) in [4.78, 5) is 6.91. The second-order valence-electron chi connectivity index (χ2n) is 5.34. The number of hydrogen-bond donors (Lipinski definition) is 1. The van der Waals surface area contributed by atoms with Crippen molar-refractivity contribution in [3.63, 3.8) is 0 Å². The molecular weight excluding hydrogens is 258 g/mol. The first-order chi connectivity index (χ1) is 9.33. The first-order valence-electron chi connectivity index (χ1n) is 7.14. The first kappa shape index (κ1) is 12.9. The number of aromatic nitrogens is 1. The molecule has 2 aliphatic rings. The third-order valence-electron chi connectivity index (χ3n) is 3.94. The van der Waals surface area contributed by atoms with Gasteiger partial charge in [-0.05, 0) is 37.8 Å². The summed E-state index contributed by atoms with van der Waals surface area (Å²) >= 11 is 0. The van der Waals surface area contributed by atoms with Crippen LogP contribution in [0.15, 0.2) is 18.3 Å². The predicted octanol–water partition coefficient (Wildman–Crippen LogP) is 2.00. The lowest BCUT2D eigenvalue weighted by Gasteiger charge is -2.26. The van der Waals surface area contributed by atoms with Gasteiger partial charge in [-0.2, -0.15) is 0 Å². The Kier molecular flexibility index (Phi) is 4.01. The molecule has 3 heterocycles. The largest absolute Gasteiger partial charge is 0.379 e. The molecule has 0 aromatic carbocycles. The van der Waals surface area contributed by atoms with E-state index < -0.39 is 10.8 Å². The van der Waals surface area contributed by atoms with Crippen LogP contribution in [0.4, 0.5) is 11.5 Å². The van der Waals surface area contributed by atoms with Crippen molar-refractivity contribution in [3.05, 3.63) is 18.3 Å². The average Bonchev–Trinajstić information content (AvgIpc) is 2.96. The molecule has 0 bridgehead atoms. The van der Waals surface area contributed by atoms with Crippen molar-refractivity contribution in [1.82, 2.24) is 4.98 Å². The standard InChI is InChI=1S/C14H21N3OS/c18-19-10-5-12(6-11-19)16-13-4-3-7-15-14(13)17-8-1-2-9-17/h3-4,7,12,16H,1-2,5-6,8-11H2. The molecule has 4 nitrogen and oxygen atoms in total. The Hall–Kier alpha value is -1.10. The van der Waals surface area contributed by atoms with Gasteiger partial charge in [-0.15, -0.1) is 0 Å². The van der Waals surface area contributed by atoms with E-state index in [0.29, 0.717) is 6.04 Å². The van der Waals surface area contributed by atoms with Crippen LogP contribution in [0.1, 0.15) is 25.7 Å². The van der Waals surface area contributed by atoms with Gasteiger partial charge in [0.15, 0.2) is 5.82 Å². The molecule has 5 heteroatoms. The van der Waals surface area contributed by atoms with Gasteiger partial charge in [0, 0.05) is 47.6 Å². The maximum absolute atomic E-state index is 11.4. The number of hydrogen-bond acceptors (Lipinski definition) is 4. The minimum absolute atomic E-state index is 0.447. The monoisotopic (exact) mass is 279 g/mol. The third kappa shape index (κ3) is 3.08. The van der Waals surface area contributed by atoms with E-state index in [2.05, 4.69) is 21.3 Å². The summed E-state index contributed by atoms with van der Waals surface area (Å²) in [6.45, 7) is 2.22. The minimum Gasteiger partial charge on any atom is -0.379 e. The lowest BCUT2D eigenvalue weighted by molar-refractivity contribution is 0.624. The van der Waals surface area contributed by atoms with Gasteiger partial charge in [0.1, 0.15) is 0 Å². The maximum atomic E-state index is 11.4. The van der Waals surface area contributed by atoms with Gasteiger partial charge in [-0.25, -0.2) is 4.98 Å². The quantitative estimate of drug-likeness (QED) is 0.919. The molecule has 0 radical (unpaired) electrons. The predicted molar refractivity (Wildman–Crippen MR) is 80.2 cm³/mol. The number of anilines is 2. The SMILES string of the molecule is O=S1CCC(Nc2cccnc2N2CCCC2)CC1. The first-order valence-corrected chi connectivity index (χ1v) is 8.63. The fourth-order valence-electron chi connectivity index (χ4n) is 2.85. The topological polar surface area (TPSA) is 45.2 Å². The van der Waals surface area contributed by atoms with Gasteiger partial charge in [0.05, 0.1) is 5.69 Å². The molecule has 0 unspecified atom stereocenters. The summed E-state index contributed by atoms with van der Waals surface area (Å²) < 4.78 is 11.4. The fourth-order valence-corrected chi connectivity index (χ4v) is 4.15. The summed E-state index contributed by atoms with van der Waals surface area (Å²) in [5.74, 6) is 2.75. The van der Waals surface area contributed by atoms with Crippen molar-refractivity contribution in [1.29, 1.82) is 0 Å². The van der Waals surface area contributed by atoms with Gasteiger partial charge in [0.2, 0.25) is 0 Å². The fraction of sp³-hybridized carbons (Fsp3) is 0.643. The van der Waals surface area contributed by atoms with Crippen LogP contribution >= 0.6 is 0 Å². The van der Waals surface area contributed by atoms with Crippen LogP contribution in [0.25, 0.3) is 0 Å². The van der Waals surface area contributed by atoms with Crippen LogP contribution in [0.2, 0.25) is 0 Å². The molecule has 19 heavy (non-hydrogen) atoms. The number of pyridine rings is 1. The van der Waals surface area contributed by atoms with E-state index in [1.54, 1.807) is 0 Å². The van der Waals surface area contributed by atoms with Crippen LogP contribution in [-0.4, -0.2) is 39.8 Å². The van der Waals surface area contributed by atoms with Crippen LogP contribution in [-0.2, 0) is 10.8 Å². The smallest absolute Gasteiger partial charge is 0.151 e. The van der Waals surface area contributed by atoms with Gasteiger partial charge in [0.25, 0.3) is 0 Å². The Balaban J connectivity index is 1.71. The maximum Gasteiger partial charge on any atom is 0.151 e. The molecule has 0 amide bonds. The third-order valence-corrected chi connectivity index (χ3v) is 5.32. The molecule has 2 fully saturated rings. The van der Waals surface area contributed by atoms with Gasteiger partial charge < -0.3 is 10.2 Å². The Bertz CT molecular complexity index is 450. The summed E-state index contributed by atoms with van der Waals surface area (Å²) in [6, 6.07) is 4.55. The molecule has 0 saturated carbocycles. The Morgan fingerprint density at radius 2 is 2.00 bits per heavy atom. The van der Waals surface area contributed by atoms with Crippen LogP contribution in [0.3, 0.4) is 0 Å². The number of nitrogens with zero attached hydrogens (tertiary/aromatic N) is 2. The Labute approximate surface area is 117 Å². The highest BCUT2D eigenvalue weighted by molar-refractivity contribution is 7.85. The molecule has 2 saturated heterocycles. The van der Waals surface area contributed by atoms with E-state index in [9.17, 15) is 4.21 Å². The molecular formula is C14H21N3OS. The minimum atomic E-state index is -0.592. The second-order valence-corrected chi connectivity index (χ2v) is 7.03. The van der Waals surface area contributed by atoms with E-state index in [0.717, 1.165) is 48.9 Å². The summed E-state index contributed by atoms with van der Waals surface area (Å²) in [5.41, 5.74) is 1.14. The van der Waals surface area contributed by atoms with Crippen LogP contribution in [0.5, 0.6) is 0 Å². The molecule has 0 spiro atoms. The molecule has 104 valence electrons. The highest BCUT2D eigenvalue weighted by Crippen LogP contribution is 2.28. The van der Waals surface area contributed by atoms with E-state index in [1.165, 1.54) is 12.8 Å². The zero-order chi connectivity index (χ0) is 13.1. The van der Waals surface area contributed by atoms with Crippen molar-refractivity contribution in [2.45, 2.75) is 31.7 Å². The van der Waals surface area contributed by atoms with Crippen molar-refractivity contribution >= 4 is 22.3 Å². The van der Waals surface area contributed by atoms with Gasteiger partial charge in [-0.3, -0.25) is 4.21 Å². The highest BCUT2D eigenvalue weighted by Gasteiger charge is 2.21. The normalized spacial score (nSPS) is 27.5. The zero-order valence-corrected chi connectivity index (χ0v) is 12.0. The lowest BCUT2D eigenvalue weighted by Crippen LogP contribution is -2.30. The molecule has 1 N–H and O–H groups in total. The summed E-state index contributed by atoms with van der Waals surface area (Å²) in [6.07, 6.45) is 6.40. The van der Waals surface area contributed by atoms with Gasteiger partial charge >= 0.3 is 0 Å². The van der Waals surface area contributed by atoms with E-state index >= 15 is 0 Å². The molecule has 0 aliphatic carbocycles. The van der Waals surface area contributed by atoms with Crippen molar-refractivity contribution in [2.24, 2.45) is 0 Å². The molecule has 3 rings (SSSR count). The Morgan fingerprint density at radius 3 is 2.74 bits per heavy atom. The van der Waals surface area contributed by atoms with Crippen LogP contribution in [0, 0.1) is 0 Å². The van der Waals surface area contributed by atoms with Crippen molar-refractivity contribution in [2.75, 3.05) is 34.8 Å².